The average Bonchev–Trinajstić information content (AvgIpc) is 2.98. The quantitative estimate of drug-likeness (QED) is 0.894. The van der Waals surface area contributed by atoms with Gasteiger partial charge < -0.3 is 9.84 Å². The van der Waals surface area contributed by atoms with Gasteiger partial charge in [-0.1, -0.05) is 42.5 Å². The lowest BCUT2D eigenvalue weighted by molar-refractivity contribution is -0.149. The van der Waals surface area contributed by atoms with Gasteiger partial charge in [0.25, 0.3) is 0 Å². The number of fused-ring (bicyclic) bond motifs is 1. The lowest BCUT2D eigenvalue weighted by Gasteiger charge is -2.36. The second-order valence-electron chi connectivity index (χ2n) is 7.93. The van der Waals surface area contributed by atoms with Crippen molar-refractivity contribution in [1.29, 1.82) is 0 Å². The van der Waals surface area contributed by atoms with Crippen LogP contribution in [0.4, 0.5) is 4.79 Å². The number of nitrogens with zero attached hydrogens (tertiary/aromatic N) is 1. The summed E-state index contributed by atoms with van der Waals surface area (Å²) in [6.07, 6.45) is 0.790. The van der Waals surface area contributed by atoms with Gasteiger partial charge in [-0.25, -0.2) is 9.59 Å². The van der Waals surface area contributed by atoms with Gasteiger partial charge in [0.05, 0.1) is 0 Å². The molecular formula is C21H25NO4. The molecule has 1 atom stereocenters. The molecule has 1 saturated heterocycles. The van der Waals surface area contributed by atoms with Gasteiger partial charge in [0.2, 0.25) is 0 Å². The van der Waals surface area contributed by atoms with E-state index in [9.17, 15) is 14.7 Å². The van der Waals surface area contributed by atoms with E-state index in [0.717, 1.165) is 16.3 Å². The molecule has 1 fully saturated rings. The summed E-state index contributed by atoms with van der Waals surface area (Å²) in [5.74, 6) is -0.978. The maximum atomic E-state index is 12.6. The highest BCUT2D eigenvalue weighted by molar-refractivity contribution is 5.87. The van der Waals surface area contributed by atoms with Crippen LogP contribution in [0.25, 0.3) is 10.8 Å². The van der Waals surface area contributed by atoms with Crippen molar-refractivity contribution in [2.24, 2.45) is 0 Å². The number of aliphatic carboxylic acids is 1. The maximum Gasteiger partial charge on any atom is 0.411 e. The summed E-state index contributed by atoms with van der Waals surface area (Å²) in [5, 5.41) is 12.2. The molecule has 0 spiro atoms. The average molecular weight is 355 g/mol. The monoisotopic (exact) mass is 355 g/mol. The zero-order valence-corrected chi connectivity index (χ0v) is 15.5. The van der Waals surface area contributed by atoms with E-state index >= 15 is 0 Å². The molecule has 2 aromatic carbocycles. The molecule has 26 heavy (non-hydrogen) atoms. The third kappa shape index (κ3) is 3.52. The Morgan fingerprint density at radius 2 is 1.85 bits per heavy atom. The molecular weight excluding hydrogens is 330 g/mol. The van der Waals surface area contributed by atoms with Gasteiger partial charge in [-0.2, -0.15) is 0 Å². The van der Waals surface area contributed by atoms with Crippen molar-refractivity contribution >= 4 is 22.8 Å². The molecule has 138 valence electrons. The summed E-state index contributed by atoms with van der Waals surface area (Å²) in [4.78, 5) is 26.2. The SMILES string of the molecule is CC(C)(C)OC(=O)N1CCCC1(Cc1ccc2ccccc2c1)C(=O)O. The summed E-state index contributed by atoms with van der Waals surface area (Å²) in [6.45, 7) is 5.75. The van der Waals surface area contributed by atoms with Crippen LogP contribution in [0.1, 0.15) is 39.2 Å². The van der Waals surface area contributed by atoms with Gasteiger partial charge in [0.15, 0.2) is 0 Å². The van der Waals surface area contributed by atoms with Gasteiger partial charge in [-0.05, 0) is 49.9 Å². The van der Waals surface area contributed by atoms with E-state index in [0.29, 0.717) is 19.4 Å². The summed E-state index contributed by atoms with van der Waals surface area (Å²) < 4.78 is 5.46. The molecule has 1 N–H and O–H groups in total. The van der Waals surface area contributed by atoms with Crippen LogP contribution in [0.2, 0.25) is 0 Å². The number of carboxylic acid groups (broad SMARTS) is 1. The fourth-order valence-electron chi connectivity index (χ4n) is 3.63. The molecule has 0 bridgehead atoms. The maximum absolute atomic E-state index is 12.6. The molecule has 3 rings (SSSR count). The van der Waals surface area contributed by atoms with Crippen LogP contribution in [-0.2, 0) is 16.0 Å². The summed E-state index contributed by atoms with van der Waals surface area (Å²) in [5.41, 5.74) is -1.01. The zero-order chi connectivity index (χ0) is 18.9. The van der Waals surface area contributed by atoms with Crippen LogP contribution in [-0.4, -0.2) is 39.8 Å². The molecule has 0 saturated carbocycles. The molecule has 0 aromatic heterocycles. The molecule has 1 heterocycles. The second-order valence-corrected chi connectivity index (χ2v) is 7.93. The fraction of sp³-hybridized carbons (Fsp3) is 0.429. The lowest BCUT2D eigenvalue weighted by Crippen LogP contribution is -2.55. The first-order chi connectivity index (χ1) is 12.2. The number of amides is 1. The van der Waals surface area contributed by atoms with Gasteiger partial charge in [0, 0.05) is 13.0 Å². The number of hydrogen-bond donors (Lipinski definition) is 1. The minimum Gasteiger partial charge on any atom is -0.479 e. The number of ether oxygens (including phenoxy) is 1. The first-order valence-corrected chi connectivity index (χ1v) is 8.93. The number of carbonyl (C=O) groups excluding carboxylic acids is 1. The van der Waals surface area contributed by atoms with Crippen molar-refractivity contribution in [1.82, 2.24) is 4.90 Å². The van der Waals surface area contributed by atoms with E-state index in [-0.39, 0.29) is 6.42 Å². The summed E-state index contributed by atoms with van der Waals surface area (Å²) in [6, 6.07) is 13.9. The van der Waals surface area contributed by atoms with Crippen molar-refractivity contribution in [2.45, 2.75) is 51.2 Å². The standard InChI is InChI=1S/C21H25NO4/c1-20(2,3)26-19(25)22-12-6-11-21(22,18(23)24)14-15-9-10-16-7-4-5-8-17(16)13-15/h4-5,7-10,13H,6,11-12,14H2,1-3H3,(H,23,24). The molecule has 5 heteroatoms. The highest BCUT2D eigenvalue weighted by Crippen LogP contribution is 2.35. The Morgan fingerprint density at radius 1 is 1.15 bits per heavy atom. The number of hydrogen-bond acceptors (Lipinski definition) is 3. The second kappa shape index (κ2) is 6.63. The largest absolute Gasteiger partial charge is 0.479 e. The first-order valence-electron chi connectivity index (χ1n) is 8.93. The van der Waals surface area contributed by atoms with Crippen LogP contribution in [0.15, 0.2) is 42.5 Å². The normalized spacial score (nSPS) is 20.3. The van der Waals surface area contributed by atoms with Crippen LogP contribution in [0.5, 0.6) is 0 Å². The van der Waals surface area contributed by atoms with E-state index in [2.05, 4.69) is 0 Å². The third-order valence-corrected chi connectivity index (χ3v) is 4.81. The Hall–Kier alpha value is -2.56. The van der Waals surface area contributed by atoms with Crippen molar-refractivity contribution in [2.75, 3.05) is 6.54 Å². The molecule has 1 amide bonds. The van der Waals surface area contributed by atoms with E-state index in [1.54, 1.807) is 20.8 Å². The molecule has 0 aliphatic carbocycles. The minimum atomic E-state index is -1.26. The van der Waals surface area contributed by atoms with E-state index in [4.69, 9.17) is 4.74 Å². The van der Waals surface area contributed by atoms with Crippen molar-refractivity contribution in [3.05, 3.63) is 48.0 Å². The molecule has 1 unspecified atom stereocenters. The van der Waals surface area contributed by atoms with E-state index in [1.807, 2.05) is 42.5 Å². The van der Waals surface area contributed by atoms with Crippen molar-refractivity contribution in [3.8, 4) is 0 Å². The van der Waals surface area contributed by atoms with Gasteiger partial charge in [-0.3, -0.25) is 4.90 Å². The molecule has 5 nitrogen and oxygen atoms in total. The molecule has 0 radical (unpaired) electrons. The van der Waals surface area contributed by atoms with Crippen LogP contribution < -0.4 is 0 Å². The highest BCUT2D eigenvalue weighted by atomic mass is 16.6. The summed E-state index contributed by atoms with van der Waals surface area (Å²) >= 11 is 0. The Kier molecular flexibility index (Phi) is 4.65. The molecule has 1 aliphatic heterocycles. The Labute approximate surface area is 153 Å². The minimum absolute atomic E-state index is 0.270. The predicted octanol–water partition coefficient (Wildman–Crippen LogP) is 4.24. The highest BCUT2D eigenvalue weighted by Gasteiger charge is 2.51. The van der Waals surface area contributed by atoms with Gasteiger partial charge in [-0.15, -0.1) is 0 Å². The predicted molar refractivity (Wildman–Crippen MR) is 100 cm³/mol. The number of rotatable bonds is 3. The van der Waals surface area contributed by atoms with E-state index < -0.39 is 23.2 Å². The number of benzene rings is 2. The lowest BCUT2D eigenvalue weighted by atomic mass is 9.87. The van der Waals surface area contributed by atoms with Gasteiger partial charge in [0.1, 0.15) is 11.1 Å². The molecule has 1 aliphatic rings. The van der Waals surface area contributed by atoms with Crippen molar-refractivity contribution in [3.63, 3.8) is 0 Å². The number of carboxylic acids is 1. The number of carbonyl (C=O) groups is 2. The Morgan fingerprint density at radius 3 is 2.50 bits per heavy atom. The van der Waals surface area contributed by atoms with Gasteiger partial charge >= 0.3 is 12.1 Å². The Balaban J connectivity index is 1.93. The molecule has 2 aromatic rings. The van der Waals surface area contributed by atoms with Crippen LogP contribution >= 0.6 is 0 Å². The number of likely N-dealkylation sites (tertiary alicyclic amines) is 1. The first kappa shape index (κ1) is 18.2. The van der Waals surface area contributed by atoms with E-state index in [1.165, 1.54) is 4.90 Å². The smallest absolute Gasteiger partial charge is 0.411 e. The Bertz CT molecular complexity index is 839. The van der Waals surface area contributed by atoms with Crippen molar-refractivity contribution < 1.29 is 19.4 Å². The van der Waals surface area contributed by atoms with Crippen LogP contribution in [0.3, 0.4) is 0 Å². The van der Waals surface area contributed by atoms with Crippen LogP contribution in [0, 0.1) is 0 Å². The summed E-state index contributed by atoms with van der Waals surface area (Å²) in [7, 11) is 0. The third-order valence-electron chi connectivity index (χ3n) is 4.81. The fourth-order valence-corrected chi connectivity index (χ4v) is 3.63. The topological polar surface area (TPSA) is 66.8 Å². The zero-order valence-electron chi connectivity index (χ0n) is 15.5.